The zero-order valence-corrected chi connectivity index (χ0v) is 12.3. The van der Waals surface area contributed by atoms with Gasteiger partial charge in [-0.2, -0.15) is 5.26 Å². The number of nitriles is 1. The molecular weight excluding hydrogens is 300 g/mol. The maximum atomic E-state index is 12.0. The fourth-order valence-electron chi connectivity index (χ4n) is 1.45. The Hall–Kier alpha value is -1.73. The summed E-state index contributed by atoms with van der Waals surface area (Å²) in [6, 6.07) is 6.19. The summed E-state index contributed by atoms with van der Waals surface area (Å²) in [5.41, 5.74) is 0.562. The third-order valence-corrected chi connectivity index (χ3v) is 4.35. The predicted molar refractivity (Wildman–Crippen MR) is 77.7 cm³/mol. The van der Waals surface area contributed by atoms with Crippen LogP contribution in [0.2, 0.25) is 5.02 Å². The Kier molecular flexibility index (Phi) is 5.84. The summed E-state index contributed by atoms with van der Waals surface area (Å²) in [5, 5.41) is 16.8. The van der Waals surface area contributed by atoms with Crippen LogP contribution in [-0.2, 0) is 10.0 Å². The van der Waals surface area contributed by atoms with Gasteiger partial charge in [-0.15, -0.1) is 0 Å². The molecule has 1 rings (SSSR count). The Balaban J connectivity index is 3.19. The van der Waals surface area contributed by atoms with E-state index in [2.05, 4.69) is 16.6 Å². The van der Waals surface area contributed by atoms with Gasteiger partial charge in [-0.05, 0) is 24.6 Å². The molecule has 2 N–H and O–H groups in total. The first-order chi connectivity index (χ1) is 9.44. The van der Waals surface area contributed by atoms with Gasteiger partial charge in [0.2, 0.25) is 10.0 Å². The van der Waals surface area contributed by atoms with E-state index in [4.69, 9.17) is 22.0 Å². The molecule has 1 unspecified atom stereocenters. The van der Waals surface area contributed by atoms with Crippen molar-refractivity contribution in [3.63, 3.8) is 0 Å². The number of rotatable bonds is 4. The lowest BCUT2D eigenvalue weighted by molar-refractivity contribution is 0.350. The number of hydrogen-bond acceptors (Lipinski definition) is 4. The molecule has 0 saturated heterocycles. The number of hydrogen-bond donors (Lipinski definition) is 2. The molecule has 0 amide bonds. The van der Waals surface area contributed by atoms with Gasteiger partial charge >= 0.3 is 0 Å². The standard InChI is InChI=1S/C13H13ClN2O3S/c1-2-12(9-15)20(18,19)16-13-6-5-11(14)8-10(13)4-3-7-17/h5-6,8,12,16-17H,2,7H2,1H3. The van der Waals surface area contributed by atoms with E-state index in [1.807, 2.05) is 0 Å². The predicted octanol–water partition coefficient (Wildman–Crippen LogP) is 1.73. The van der Waals surface area contributed by atoms with E-state index in [0.717, 1.165) is 0 Å². The van der Waals surface area contributed by atoms with Crippen LogP contribution in [0.5, 0.6) is 0 Å². The summed E-state index contributed by atoms with van der Waals surface area (Å²) in [6.07, 6.45) is 0.178. The smallest absolute Gasteiger partial charge is 0.249 e. The zero-order chi connectivity index (χ0) is 15.2. The number of benzene rings is 1. The second-order valence-corrected chi connectivity index (χ2v) is 6.12. The quantitative estimate of drug-likeness (QED) is 0.828. The maximum absolute atomic E-state index is 12.0. The van der Waals surface area contributed by atoms with Gasteiger partial charge in [0.25, 0.3) is 0 Å². The summed E-state index contributed by atoms with van der Waals surface area (Å²) in [4.78, 5) is 0. The summed E-state index contributed by atoms with van der Waals surface area (Å²) in [5.74, 6) is 5.03. The van der Waals surface area contributed by atoms with Gasteiger partial charge in [0.1, 0.15) is 6.61 Å². The number of aliphatic hydroxyl groups is 1. The molecule has 0 heterocycles. The molecule has 0 aliphatic rings. The van der Waals surface area contributed by atoms with Crippen LogP contribution in [0.15, 0.2) is 18.2 Å². The second-order valence-electron chi connectivity index (χ2n) is 3.82. The van der Waals surface area contributed by atoms with E-state index in [0.29, 0.717) is 10.6 Å². The molecule has 106 valence electrons. The average Bonchev–Trinajstić information content (AvgIpc) is 2.39. The number of halogens is 1. The third kappa shape index (κ3) is 4.14. The number of aliphatic hydroxyl groups excluding tert-OH is 1. The van der Waals surface area contributed by atoms with E-state index < -0.39 is 15.3 Å². The molecule has 0 radical (unpaired) electrons. The third-order valence-electron chi connectivity index (χ3n) is 2.43. The minimum Gasteiger partial charge on any atom is -0.384 e. The largest absolute Gasteiger partial charge is 0.384 e. The van der Waals surface area contributed by atoms with Crippen LogP contribution < -0.4 is 4.72 Å². The van der Waals surface area contributed by atoms with Crippen molar-refractivity contribution in [1.29, 1.82) is 5.26 Å². The van der Waals surface area contributed by atoms with E-state index >= 15 is 0 Å². The van der Waals surface area contributed by atoms with Crippen LogP contribution in [-0.4, -0.2) is 25.4 Å². The molecule has 0 aromatic heterocycles. The molecule has 0 saturated carbocycles. The summed E-state index contributed by atoms with van der Waals surface area (Å²) in [6.45, 7) is 1.26. The molecular formula is C13H13ClN2O3S. The van der Waals surface area contributed by atoms with Crippen LogP contribution in [0, 0.1) is 23.2 Å². The fraction of sp³-hybridized carbons (Fsp3) is 0.308. The molecule has 0 aliphatic carbocycles. The lowest BCUT2D eigenvalue weighted by Gasteiger charge is -2.12. The van der Waals surface area contributed by atoms with Gasteiger partial charge < -0.3 is 5.11 Å². The van der Waals surface area contributed by atoms with Crippen LogP contribution in [0.4, 0.5) is 5.69 Å². The number of nitrogens with zero attached hydrogens (tertiary/aromatic N) is 1. The van der Waals surface area contributed by atoms with Crippen LogP contribution in [0.1, 0.15) is 18.9 Å². The van der Waals surface area contributed by atoms with Crippen molar-refractivity contribution in [3.8, 4) is 17.9 Å². The highest BCUT2D eigenvalue weighted by Crippen LogP contribution is 2.22. The van der Waals surface area contributed by atoms with E-state index in [-0.39, 0.29) is 18.7 Å². The molecule has 7 heteroatoms. The molecule has 0 fully saturated rings. The summed E-state index contributed by atoms with van der Waals surface area (Å²) < 4.78 is 26.3. The molecule has 5 nitrogen and oxygen atoms in total. The van der Waals surface area contributed by atoms with Crippen molar-refractivity contribution in [2.75, 3.05) is 11.3 Å². The van der Waals surface area contributed by atoms with Gasteiger partial charge in [0, 0.05) is 5.02 Å². The Morgan fingerprint density at radius 2 is 2.20 bits per heavy atom. The van der Waals surface area contributed by atoms with Gasteiger partial charge in [0.05, 0.1) is 17.3 Å². The normalized spacial score (nSPS) is 11.9. The van der Waals surface area contributed by atoms with Crippen LogP contribution >= 0.6 is 11.6 Å². The maximum Gasteiger partial charge on any atom is 0.249 e. The van der Waals surface area contributed by atoms with Crippen molar-refractivity contribution in [2.24, 2.45) is 0 Å². The van der Waals surface area contributed by atoms with Crippen molar-refractivity contribution in [1.82, 2.24) is 0 Å². The molecule has 1 atom stereocenters. The molecule has 1 aromatic rings. The number of nitrogens with one attached hydrogen (secondary N) is 1. The highest BCUT2D eigenvalue weighted by molar-refractivity contribution is 7.93. The Morgan fingerprint density at radius 3 is 2.75 bits per heavy atom. The zero-order valence-electron chi connectivity index (χ0n) is 10.7. The van der Waals surface area contributed by atoms with Crippen molar-refractivity contribution < 1.29 is 13.5 Å². The topological polar surface area (TPSA) is 90.2 Å². The lowest BCUT2D eigenvalue weighted by Crippen LogP contribution is -2.26. The van der Waals surface area contributed by atoms with Crippen LogP contribution in [0.3, 0.4) is 0 Å². The number of anilines is 1. The van der Waals surface area contributed by atoms with Crippen molar-refractivity contribution in [3.05, 3.63) is 28.8 Å². The first-order valence-corrected chi connectivity index (χ1v) is 7.67. The molecule has 0 spiro atoms. The molecule has 20 heavy (non-hydrogen) atoms. The van der Waals surface area contributed by atoms with E-state index in [1.54, 1.807) is 13.0 Å². The Labute approximate surface area is 123 Å². The number of sulfonamides is 1. The van der Waals surface area contributed by atoms with E-state index in [1.165, 1.54) is 18.2 Å². The second kappa shape index (κ2) is 7.16. The highest BCUT2D eigenvalue weighted by atomic mass is 35.5. The monoisotopic (exact) mass is 312 g/mol. The van der Waals surface area contributed by atoms with Gasteiger partial charge in [-0.1, -0.05) is 30.4 Å². The average molecular weight is 313 g/mol. The lowest BCUT2D eigenvalue weighted by atomic mass is 10.2. The molecule has 0 bridgehead atoms. The van der Waals surface area contributed by atoms with Gasteiger partial charge in [-0.25, -0.2) is 8.42 Å². The first kappa shape index (κ1) is 16.3. The minimum absolute atomic E-state index is 0.178. The molecule has 0 aliphatic heterocycles. The summed E-state index contributed by atoms with van der Waals surface area (Å²) >= 11 is 5.82. The van der Waals surface area contributed by atoms with Gasteiger partial charge in [0.15, 0.2) is 5.25 Å². The fourth-order valence-corrected chi connectivity index (χ4v) is 2.82. The summed E-state index contributed by atoms with van der Waals surface area (Å²) in [7, 11) is -3.82. The highest BCUT2D eigenvalue weighted by Gasteiger charge is 2.24. The Bertz CT molecular complexity index is 684. The first-order valence-electron chi connectivity index (χ1n) is 5.75. The van der Waals surface area contributed by atoms with Gasteiger partial charge in [-0.3, -0.25) is 4.72 Å². The van der Waals surface area contributed by atoms with Crippen molar-refractivity contribution in [2.45, 2.75) is 18.6 Å². The SMILES string of the molecule is CCC(C#N)S(=O)(=O)Nc1ccc(Cl)cc1C#CCO. The Morgan fingerprint density at radius 1 is 1.50 bits per heavy atom. The van der Waals surface area contributed by atoms with Crippen molar-refractivity contribution >= 4 is 27.3 Å². The van der Waals surface area contributed by atoms with E-state index in [9.17, 15) is 8.42 Å². The minimum atomic E-state index is -3.82. The van der Waals surface area contributed by atoms with Crippen LogP contribution in [0.25, 0.3) is 0 Å². The molecule has 1 aromatic carbocycles.